The van der Waals surface area contributed by atoms with E-state index in [1.807, 2.05) is 128 Å². The van der Waals surface area contributed by atoms with Crippen LogP contribution >= 0.6 is 0 Å². The van der Waals surface area contributed by atoms with E-state index < -0.39 is 6.17 Å². The Labute approximate surface area is 252 Å². The Balaban J connectivity index is 1.26. The fourth-order valence-electron chi connectivity index (χ4n) is 5.53. The van der Waals surface area contributed by atoms with Crippen LogP contribution < -0.4 is 20.3 Å². The van der Waals surface area contributed by atoms with Gasteiger partial charge in [0.15, 0.2) is 0 Å². The number of nitrogens with zero attached hydrogens (tertiary/aromatic N) is 1. The van der Waals surface area contributed by atoms with Crippen molar-refractivity contribution in [2.45, 2.75) is 25.6 Å². The molecule has 2 unspecified atom stereocenters. The van der Waals surface area contributed by atoms with Crippen molar-refractivity contribution in [1.82, 2.24) is 5.32 Å². The summed E-state index contributed by atoms with van der Waals surface area (Å²) in [6.45, 7) is 2.51. The van der Waals surface area contributed by atoms with E-state index >= 15 is 0 Å². The molecule has 0 aromatic heterocycles. The van der Waals surface area contributed by atoms with Crippen LogP contribution in [0.25, 0.3) is 0 Å². The molecule has 0 spiro atoms. The molecule has 214 valence electrons. The van der Waals surface area contributed by atoms with Crippen molar-refractivity contribution < 1.29 is 14.3 Å². The highest BCUT2D eigenvalue weighted by Gasteiger charge is 2.37. The zero-order valence-corrected chi connectivity index (χ0v) is 23.9. The van der Waals surface area contributed by atoms with Crippen LogP contribution in [-0.2, 0) is 6.42 Å². The topological polar surface area (TPSA) is 70.7 Å². The molecule has 0 fully saturated rings. The summed E-state index contributed by atoms with van der Waals surface area (Å²) in [6.07, 6.45) is 0.224. The molecule has 0 saturated carbocycles. The van der Waals surface area contributed by atoms with E-state index in [1.165, 1.54) is 0 Å². The zero-order chi connectivity index (χ0) is 29.6. The second kappa shape index (κ2) is 12.7. The van der Waals surface area contributed by atoms with Gasteiger partial charge in [-0.3, -0.25) is 14.5 Å². The number of carbonyl (C=O) groups is 2. The lowest BCUT2D eigenvalue weighted by Gasteiger charge is -2.27. The Morgan fingerprint density at radius 1 is 0.814 bits per heavy atom. The van der Waals surface area contributed by atoms with Crippen LogP contribution in [0.4, 0.5) is 11.4 Å². The van der Waals surface area contributed by atoms with Crippen molar-refractivity contribution in [3.63, 3.8) is 0 Å². The molecule has 0 radical (unpaired) electrons. The summed E-state index contributed by atoms with van der Waals surface area (Å²) in [6, 6.07) is 42.5. The van der Waals surface area contributed by atoms with Crippen LogP contribution in [0.1, 0.15) is 56.5 Å². The molecule has 0 aliphatic carbocycles. The van der Waals surface area contributed by atoms with Gasteiger partial charge in [0, 0.05) is 28.1 Å². The van der Waals surface area contributed by atoms with Gasteiger partial charge in [-0.1, -0.05) is 84.9 Å². The monoisotopic (exact) mass is 567 g/mol. The van der Waals surface area contributed by atoms with Crippen molar-refractivity contribution in [2.75, 3.05) is 16.8 Å². The van der Waals surface area contributed by atoms with E-state index in [1.54, 1.807) is 4.90 Å². The van der Waals surface area contributed by atoms with Crippen molar-refractivity contribution in [1.29, 1.82) is 0 Å². The van der Waals surface area contributed by atoms with Gasteiger partial charge in [0.1, 0.15) is 11.9 Å². The predicted octanol–water partition coefficient (Wildman–Crippen LogP) is 7.57. The Hall–Kier alpha value is -5.36. The van der Waals surface area contributed by atoms with Crippen molar-refractivity contribution in [2.24, 2.45) is 0 Å². The molecule has 5 aromatic rings. The van der Waals surface area contributed by atoms with E-state index in [2.05, 4.69) is 22.8 Å². The van der Waals surface area contributed by atoms with Crippen LogP contribution in [0.5, 0.6) is 5.75 Å². The van der Waals surface area contributed by atoms with Gasteiger partial charge < -0.3 is 15.4 Å². The average Bonchev–Trinajstić information content (AvgIpc) is 3.33. The van der Waals surface area contributed by atoms with Crippen molar-refractivity contribution in [3.8, 4) is 5.75 Å². The van der Waals surface area contributed by atoms with Gasteiger partial charge in [0.25, 0.3) is 11.8 Å². The van der Waals surface area contributed by atoms with E-state index in [4.69, 9.17) is 4.74 Å². The molecule has 1 heterocycles. The lowest BCUT2D eigenvalue weighted by atomic mass is 9.98. The molecule has 6 nitrogen and oxygen atoms in total. The first kappa shape index (κ1) is 27.8. The summed E-state index contributed by atoms with van der Waals surface area (Å²) in [5, 5.41) is 6.78. The predicted molar refractivity (Wildman–Crippen MR) is 170 cm³/mol. The highest BCUT2D eigenvalue weighted by Crippen LogP contribution is 2.38. The molecule has 0 bridgehead atoms. The number of amides is 2. The SMILES string of the molecule is CCOc1ccc(N2C(=O)c3ccccc3C2Nc2cccc(C(=O)NC(Cc3ccccc3)c3ccccc3)c2)cc1. The number of rotatable bonds is 10. The second-order valence-corrected chi connectivity index (χ2v) is 10.4. The number of fused-ring (bicyclic) bond motifs is 1. The minimum Gasteiger partial charge on any atom is -0.494 e. The Bertz CT molecular complexity index is 1700. The Kier molecular flexibility index (Phi) is 8.18. The third-order valence-corrected chi connectivity index (χ3v) is 7.61. The van der Waals surface area contributed by atoms with Crippen LogP contribution in [0, 0.1) is 0 Å². The molecule has 6 rings (SSSR count). The molecule has 6 heteroatoms. The quantitative estimate of drug-likeness (QED) is 0.183. The van der Waals surface area contributed by atoms with E-state index in [0.717, 1.165) is 33.8 Å². The molecule has 2 amide bonds. The molecule has 2 atom stereocenters. The summed E-state index contributed by atoms with van der Waals surface area (Å²) in [5.41, 5.74) is 5.73. The first-order valence-corrected chi connectivity index (χ1v) is 14.5. The molecule has 43 heavy (non-hydrogen) atoms. The van der Waals surface area contributed by atoms with Gasteiger partial charge in [-0.25, -0.2) is 0 Å². The molecule has 2 N–H and O–H groups in total. The maximum absolute atomic E-state index is 13.6. The first-order chi connectivity index (χ1) is 21.1. The summed E-state index contributed by atoms with van der Waals surface area (Å²) < 4.78 is 5.60. The zero-order valence-electron chi connectivity index (χ0n) is 23.9. The second-order valence-electron chi connectivity index (χ2n) is 10.4. The minimum atomic E-state index is -0.449. The standard InChI is InChI=1S/C37H33N3O3/c1-2-43-31-22-20-30(21-23-31)40-35(32-18-9-10-19-33(32)37(40)42)38-29-17-11-16-28(25-29)36(41)39-34(27-14-7-4-8-15-27)24-26-12-5-3-6-13-26/h3-23,25,34-35,38H,2,24H2,1H3,(H,39,41). The lowest BCUT2D eigenvalue weighted by molar-refractivity contribution is 0.0935. The largest absolute Gasteiger partial charge is 0.494 e. The van der Waals surface area contributed by atoms with Gasteiger partial charge in [0.2, 0.25) is 0 Å². The number of nitrogens with one attached hydrogen (secondary N) is 2. The normalized spacial score (nSPS) is 14.6. The molecular weight excluding hydrogens is 534 g/mol. The number of hydrogen-bond acceptors (Lipinski definition) is 4. The van der Waals surface area contributed by atoms with Gasteiger partial charge >= 0.3 is 0 Å². The molecule has 0 saturated heterocycles. The Morgan fingerprint density at radius 3 is 2.26 bits per heavy atom. The summed E-state index contributed by atoms with van der Waals surface area (Å²) in [5.74, 6) is 0.497. The molecular formula is C37H33N3O3. The maximum Gasteiger partial charge on any atom is 0.260 e. The van der Waals surface area contributed by atoms with E-state index in [0.29, 0.717) is 24.2 Å². The number of carbonyl (C=O) groups excluding carboxylic acids is 2. The highest BCUT2D eigenvalue weighted by atomic mass is 16.5. The van der Waals surface area contributed by atoms with Crippen LogP contribution in [-0.4, -0.2) is 18.4 Å². The number of benzene rings is 5. The van der Waals surface area contributed by atoms with Gasteiger partial charge in [0.05, 0.1) is 12.6 Å². The third-order valence-electron chi connectivity index (χ3n) is 7.61. The smallest absolute Gasteiger partial charge is 0.260 e. The minimum absolute atomic E-state index is 0.0854. The van der Waals surface area contributed by atoms with Gasteiger partial charge in [-0.2, -0.15) is 0 Å². The van der Waals surface area contributed by atoms with E-state index in [-0.39, 0.29) is 17.9 Å². The summed E-state index contributed by atoms with van der Waals surface area (Å²) in [7, 11) is 0. The lowest BCUT2D eigenvalue weighted by Crippen LogP contribution is -2.32. The molecule has 1 aliphatic heterocycles. The summed E-state index contributed by atoms with van der Waals surface area (Å²) >= 11 is 0. The number of anilines is 2. The van der Waals surface area contributed by atoms with E-state index in [9.17, 15) is 9.59 Å². The van der Waals surface area contributed by atoms with Crippen LogP contribution in [0.2, 0.25) is 0 Å². The average molecular weight is 568 g/mol. The van der Waals surface area contributed by atoms with Crippen molar-refractivity contribution >= 4 is 23.2 Å². The molecule has 1 aliphatic rings. The maximum atomic E-state index is 13.6. The van der Waals surface area contributed by atoms with Crippen LogP contribution in [0.3, 0.4) is 0 Å². The van der Waals surface area contributed by atoms with Crippen LogP contribution in [0.15, 0.2) is 133 Å². The first-order valence-electron chi connectivity index (χ1n) is 14.5. The number of hydrogen-bond donors (Lipinski definition) is 2. The number of ether oxygens (including phenoxy) is 1. The van der Waals surface area contributed by atoms with Gasteiger partial charge in [-0.05, 0) is 73.0 Å². The fraction of sp³-hybridized carbons (Fsp3) is 0.135. The summed E-state index contributed by atoms with van der Waals surface area (Å²) in [4.78, 5) is 28.9. The van der Waals surface area contributed by atoms with Crippen molar-refractivity contribution in [3.05, 3.63) is 161 Å². The highest BCUT2D eigenvalue weighted by molar-refractivity contribution is 6.11. The molecule has 5 aromatic carbocycles. The van der Waals surface area contributed by atoms with Gasteiger partial charge in [-0.15, -0.1) is 0 Å². The Morgan fingerprint density at radius 2 is 1.51 bits per heavy atom. The fourth-order valence-corrected chi connectivity index (χ4v) is 5.53. The third kappa shape index (κ3) is 6.14.